The number of aliphatic hydroxyl groups excluding tert-OH is 1. The van der Waals surface area contributed by atoms with Crippen LogP contribution in [0.15, 0.2) is 33.5 Å². The van der Waals surface area contributed by atoms with Gasteiger partial charge in [0.1, 0.15) is 11.3 Å². The summed E-state index contributed by atoms with van der Waals surface area (Å²) in [5.41, 5.74) is 1.14. The Hall–Kier alpha value is -1.85. The normalized spacial score (nSPS) is 21.3. The molecule has 5 heteroatoms. The molecule has 1 aromatic carbocycles. The standard InChI is InChI=1S/C19H25NO4/c1-20(11-13-5-3-4-6-17(13)21)12-14-9-19(22)24-18-10-15(23-2)7-8-16(14)18/h7-10,13,17,21H,3-6,11-12H2,1-2H3. The monoisotopic (exact) mass is 331 g/mol. The van der Waals surface area contributed by atoms with Crippen molar-refractivity contribution in [2.75, 3.05) is 20.7 Å². The van der Waals surface area contributed by atoms with E-state index in [0.717, 1.165) is 36.8 Å². The van der Waals surface area contributed by atoms with Crippen LogP contribution in [0.2, 0.25) is 0 Å². The van der Waals surface area contributed by atoms with Gasteiger partial charge in [0.2, 0.25) is 0 Å². The molecule has 1 aromatic heterocycles. The van der Waals surface area contributed by atoms with E-state index in [2.05, 4.69) is 4.90 Å². The first-order valence-electron chi connectivity index (χ1n) is 8.54. The number of hydrogen-bond acceptors (Lipinski definition) is 5. The Morgan fingerprint density at radius 3 is 2.83 bits per heavy atom. The third kappa shape index (κ3) is 3.79. The number of fused-ring (bicyclic) bond motifs is 1. The fourth-order valence-electron chi connectivity index (χ4n) is 3.62. The molecule has 130 valence electrons. The molecule has 1 fully saturated rings. The average molecular weight is 331 g/mol. The maximum Gasteiger partial charge on any atom is 0.336 e. The largest absolute Gasteiger partial charge is 0.497 e. The lowest BCUT2D eigenvalue weighted by Gasteiger charge is -2.31. The van der Waals surface area contributed by atoms with E-state index in [9.17, 15) is 9.90 Å². The molecule has 0 aliphatic heterocycles. The van der Waals surface area contributed by atoms with Gasteiger partial charge in [0.25, 0.3) is 0 Å². The molecule has 24 heavy (non-hydrogen) atoms. The molecule has 3 rings (SSSR count). The second kappa shape index (κ2) is 7.36. The highest BCUT2D eigenvalue weighted by Gasteiger charge is 2.24. The van der Waals surface area contributed by atoms with Crippen LogP contribution in [-0.4, -0.2) is 36.8 Å². The van der Waals surface area contributed by atoms with E-state index in [0.29, 0.717) is 23.8 Å². The topological polar surface area (TPSA) is 62.9 Å². The smallest absolute Gasteiger partial charge is 0.336 e. The number of methoxy groups -OCH3 is 1. The fourth-order valence-corrected chi connectivity index (χ4v) is 3.62. The molecule has 5 nitrogen and oxygen atoms in total. The van der Waals surface area contributed by atoms with Crippen LogP contribution in [0.5, 0.6) is 5.75 Å². The van der Waals surface area contributed by atoms with Crippen molar-refractivity contribution < 1.29 is 14.3 Å². The van der Waals surface area contributed by atoms with Gasteiger partial charge < -0.3 is 19.2 Å². The minimum absolute atomic E-state index is 0.206. The first-order valence-corrected chi connectivity index (χ1v) is 8.54. The highest BCUT2D eigenvalue weighted by Crippen LogP contribution is 2.26. The summed E-state index contributed by atoms with van der Waals surface area (Å²) in [6.45, 7) is 1.48. The zero-order chi connectivity index (χ0) is 17.1. The second-order valence-corrected chi connectivity index (χ2v) is 6.76. The lowest BCUT2D eigenvalue weighted by Crippen LogP contribution is -2.34. The van der Waals surface area contributed by atoms with E-state index < -0.39 is 0 Å². The number of nitrogens with zero attached hydrogens (tertiary/aromatic N) is 1. The summed E-state index contributed by atoms with van der Waals surface area (Å²) >= 11 is 0. The number of hydrogen-bond donors (Lipinski definition) is 1. The van der Waals surface area contributed by atoms with Crippen molar-refractivity contribution in [2.24, 2.45) is 5.92 Å². The molecule has 1 N–H and O–H groups in total. The summed E-state index contributed by atoms with van der Waals surface area (Å²) < 4.78 is 10.5. The van der Waals surface area contributed by atoms with Gasteiger partial charge in [-0.2, -0.15) is 0 Å². The molecule has 0 spiro atoms. The van der Waals surface area contributed by atoms with Crippen molar-refractivity contribution >= 4 is 11.0 Å². The fraction of sp³-hybridized carbons (Fsp3) is 0.526. The maximum atomic E-state index is 11.9. The van der Waals surface area contributed by atoms with Crippen LogP contribution < -0.4 is 10.4 Å². The van der Waals surface area contributed by atoms with Gasteiger partial charge in [0, 0.05) is 30.6 Å². The zero-order valence-electron chi connectivity index (χ0n) is 14.3. The Morgan fingerprint density at radius 1 is 1.29 bits per heavy atom. The predicted molar refractivity (Wildman–Crippen MR) is 93.3 cm³/mol. The molecular weight excluding hydrogens is 306 g/mol. The molecule has 0 radical (unpaired) electrons. The van der Waals surface area contributed by atoms with Crippen LogP contribution in [0.25, 0.3) is 11.0 Å². The number of rotatable bonds is 5. The molecule has 2 atom stereocenters. The summed E-state index contributed by atoms with van der Waals surface area (Å²) in [6, 6.07) is 7.10. The molecule has 1 saturated carbocycles. The highest BCUT2D eigenvalue weighted by atomic mass is 16.5. The molecule has 1 aliphatic rings. The lowest BCUT2D eigenvalue weighted by atomic mass is 9.86. The van der Waals surface area contributed by atoms with Crippen LogP contribution in [0.1, 0.15) is 31.2 Å². The van der Waals surface area contributed by atoms with Crippen molar-refractivity contribution in [2.45, 2.75) is 38.3 Å². The summed E-state index contributed by atoms with van der Waals surface area (Å²) in [5.74, 6) is 0.983. The molecule has 2 unspecified atom stereocenters. The minimum atomic E-state index is -0.350. The number of ether oxygens (including phenoxy) is 1. The molecule has 0 amide bonds. The Kier molecular flexibility index (Phi) is 5.21. The predicted octanol–water partition coefficient (Wildman–Crippen LogP) is 2.78. The molecular formula is C19H25NO4. The highest BCUT2D eigenvalue weighted by molar-refractivity contribution is 5.81. The summed E-state index contributed by atoms with van der Waals surface area (Å²) in [6.07, 6.45) is 4.07. The average Bonchev–Trinajstić information content (AvgIpc) is 2.56. The summed E-state index contributed by atoms with van der Waals surface area (Å²) in [4.78, 5) is 14.0. The molecule has 0 saturated heterocycles. The minimum Gasteiger partial charge on any atom is -0.497 e. The first-order chi connectivity index (χ1) is 11.6. The second-order valence-electron chi connectivity index (χ2n) is 6.76. The van der Waals surface area contributed by atoms with Crippen LogP contribution >= 0.6 is 0 Å². The van der Waals surface area contributed by atoms with Crippen LogP contribution in [0, 0.1) is 5.92 Å². The van der Waals surface area contributed by atoms with Crippen LogP contribution in [0.3, 0.4) is 0 Å². The lowest BCUT2D eigenvalue weighted by molar-refractivity contribution is 0.0502. The van der Waals surface area contributed by atoms with E-state index in [1.165, 1.54) is 6.42 Å². The molecule has 1 aliphatic carbocycles. The maximum absolute atomic E-state index is 11.9. The van der Waals surface area contributed by atoms with Crippen molar-refractivity contribution in [3.8, 4) is 5.75 Å². The Labute approximate surface area is 141 Å². The third-order valence-electron chi connectivity index (χ3n) is 4.89. The Balaban J connectivity index is 1.79. The number of benzene rings is 1. The van der Waals surface area contributed by atoms with Crippen LogP contribution in [-0.2, 0) is 6.54 Å². The SMILES string of the molecule is COc1ccc2c(CN(C)CC3CCCCC3O)cc(=O)oc2c1. The first kappa shape index (κ1) is 17.0. The molecule has 2 aromatic rings. The molecule has 1 heterocycles. The van der Waals surface area contributed by atoms with Crippen molar-refractivity contribution in [3.63, 3.8) is 0 Å². The van der Waals surface area contributed by atoms with Crippen molar-refractivity contribution in [1.29, 1.82) is 0 Å². The van der Waals surface area contributed by atoms with E-state index >= 15 is 0 Å². The van der Waals surface area contributed by atoms with Crippen LogP contribution in [0.4, 0.5) is 0 Å². The molecule has 0 bridgehead atoms. The Morgan fingerprint density at radius 2 is 2.08 bits per heavy atom. The van der Waals surface area contributed by atoms with Gasteiger partial charge >= 0.3 is 5.63 Å². The van der Waals surface area contributed by atoms with E-state index in [1.807, 2.05) is 19.2 Å². The third-order valence-corrected chi connectivity index (χ3v) is 4.89. The van der Waals surface area contributed by atoms with Crippen molar-refractivity contribution in [3.05, 3.63) is 40.2 Å². The van der Waals surface area contributed by atoms with Gasteiger partial charge in [0.15, 0.2) is 0 Å². The van der Waals surface area contributed by atoms with Gasteiger partial charge in [-0.15, -0.1) is 0 Å². The van der Waals surface area contributed by atoms with E-state index in [1.54, 1.807) is 19.2 Å². The zero-order valence-corrected chi connectivity index (χ0v) is 14.3. The summed E-state index contributed by atoms with van der Waals surface area (Å²) in [5, 5.41) is 11.1. The summed E-state index contributed by atoms with van der Waals surface area (Å²) in [7, 11) is 3.62. The van der Waals surface area contributed by atoms with Gasteiger partial charge in [-0.1, -0.05) is 12.8 Å². The number of aliphatic hydroxyl groups is 1. The van der Waals surface area contributed by atoms with Gasteiger partial charge in [-0.05, 0) is 43.5 Å². The quantitative estimate of drug-likeness (QED) is 0.854. The van der Waals surface area contributed by atoms with Crippen molar-refractivity contribution in [1.82, 2.24) is 4.90 Å². The Bertz CT molecular complexity index is 755. The van der Waals surface area contributed by atoms with E-state index in [4.69, 9.17) is 9.15 Å². The van der Waals surface area contributed by atoms with Gasteiger partial charge in [0.05, 0.1) is 13.2 Å². The van der Waals surface area contributed by atoms with Gasteiger partial charge in [-0.25, -0.2) is 4.79 Å². The van der Waals surface area contributed by atoms with Gasteiger partial charge in [-0.3, -0.25) is 0 Å². The van der Waals surface area contributed by atoms with E-state index in [-0.39, 0.29) is 11.7 Å².